The van der Waals surface area contributed by atoms with Crippen molar-refractivity contribution in [1.82, 2.24) is 0 Å². The monoisotopic (exact) mass is 289 g/mol. The third-order valence-electron chi connectivity index (χ3n) is 2.86. The van der Waals surface area contributed by atoms with Gasteiger partial charge in [-0.25, -0.2) is 8.42 Å². The van der Waals surface area contributed by atoms with Gasteiger partial charge in [-0.1, -0.05) is 31.9 Å². The van der Waals surface area contributed by atoms with Crippen molar-refractivity contribution in [2.75, 3.05) is 11.6 Å². The summed E-state index contributed by atoms with van der Waals surface area (Å²) in [6.07, 6.45) is 4.29. The van der Waals surface area contributed by atoms with Gasteiger partial charge >= 0.3 is 0 Å². The number of sulfone groups is 1. The number of halogens is 1. The van der Waals surface area contributed by atoms with Crippen molar-refractivity contribution in [3.63, 3.8) is 0 Å². The van der Waals surface area contributed by atoms with Crippen molar-refractivity contribution in [3.05, 3.63) is 23.2 Å². The van der Waals surface area contributed by atoms with E-state index in [0.29, 0.717) is 21.6 Å². The maximum atomic E-state index is 11.5. The molecular weight excluding hydrogens is 270 g/mol. The number of anilines is 1. The Morgan fingerprint density at radius 1 is 1.33 bits per heavy atom. The maximum absolute atomic E-state index is 11.5. The molecule has 1 aromatic carbocycles. The second-order valence-electron chi connectivity index (χ2n) is 4.45. The lowest BCUT2D eigenvalue weighted by Crippen LogP contribution is -2.18. The standard InChI is InChI=1S/C13H20ClNO2S/c1-4-6-10(5-2)15-13-9-11(18(3,16)17)7-8-12(13)14/h7-10,15H,4-6H2,1-3H3. The first-order valence-electron chi connectivity index (χ1n) is 6.14. The van der Waals surface area contributed by atoms with Gasteiger partial charge in [-0.2, -0.15) is 0 Å². The van der Waals surface area contributed by atoms with Gasteiger partial charge in [0, 0.05) is 12.3 Å². The smallest absolute Gasteiger partial charge is 0.175 e. The van der Waals surface area contributed by atoms with Crippen LogP contribution in [-0.2, 0) is 9.84 Å². The summed E-state index contributed by atoms with van der Waals surface area (Å²) in [6, 6.07) is 5.08. The summed E-state index contributed by atoms with van der Waals surface area (Å²) in [5.41, 5.74) is 0.694. The van der Waals surface area contributed by atoms with Crippen molar-refractivity contribution in [1.29, 1.82) is 0 Å². The molecule has 102 valence electrons. The summed E-state index contributed by atoms with van der Waals surface area (Å²) in [6.45, 7) is 4.22. The number of nitrogens with one attached hydrogen (secondary N) is 1. The second kappa shape index (κ2) is 6.43. The molecule has 1 atom stereocenters. The number of benzene rings is 1. The molecule has 0 aromatic heterocycles. The molecule has 0 saturated heterocycles. The highest BCUT2D eigenvalue weighted by Gasteiger charge is 2.12. The molecule has 1 rings (SSSR count). The quantitative estimate of drug-likeness (QED) is 0.868. The molecule has 3 nitrogen and oxygen atoms in total. The maximum Gasteiger partial charge on any atom is 0.175 e. The molecule has 0 fully saturated rings. The van der Waals surface area contributed by atoms with E-state index in [4.69, 9.17) is 11.6 Å². The van der Waals surface area contributed by atoms with E-state index in [1.54, 1.807) is 12.1 Å². The molecule has 0 aliphatic carbocycles. The van der Waals surface area contributed by atoms with Crippen LogP contribution in [0, 0.1) is 0 Å². The lowest BCUT2D eigenvalue weighted by Gasteiger charge is -2.19. The van der Waals surface area contributed by atoms with Gasteiger partial charge in [0.15, 0.2) is 9.84 Å². The summed E-state index contributed by atoms with van der Waals surface area (Å²) >= 11 is 6.09. The van der Waals surface area contributed by atoms with Gasteiger partial charge in [0.05, 0.1) is 15.6 Å². The fraction of sp³-hybridized carbons (Fsp3) is 0.538. The summed E-state index contributed by atoms with van der Waals surface area (Å²) < 4.78 is 23.0. The Hall–Kier alpha value is -0.740. The van der Waals surface area contributed by atoms with Crippen LogP contribution in [-0.4, -0.2) is 20.7 Å². The third kappa shape index (κ3) is 4.18. The van der Waals surface area contributed by atoms with Crippen LogP contribution in [0.5, 0.6) is 0 Å². The van der Waals surface area contributed by atoms with Gasteiger partial charge in [-0.05, 0) is 31.0 Å². The molecule has 5 heteroatoms. The van der Waals surface area contributed by atoms with E-state index in [1.165, 1.54) is 12.3 Å². The van der Waals surface area contributed by atoms with Crippen molar-refractivity contribution in [3.8, 4) is 0 Å². The zero-order valence-electron chi connectivity index (χ0n) is 11.0. The lowest BCUT2D eigenvalue weighted by atomic mass is 10.1. The van der Waals surface area contributed by atoms with Crippen LogP contribution in [0.2, 0.25) is 5.02 Å². The number of hydrogen-bond donors (Lipinski definition) is 1. The van der Waals surface area contributed by atoms with Gasteiger partial charge in [-0.3, -0.25) is 0 Å². The van der Waals surface area contributed by atoms with Crippen LogP contribution < -0.4 is 5.32 Å². The van der Waals surface area contributed by atoms with Crippen molar-refractivity contribution >= 4 is 27.1 Å². The first-order valence-corrected chi connectivity index (χ1v) is 8.41. The zero-order chi connectivity index (χ0) is 13.8. The van der Waals surface area contributed by atoms with Gasteiger partial charge in [-0.15, -0.1) is 0 Å². The molecule has 0 aliphatic rings. The lowest BCUT2D eigenvalue weighted by molar-refractivity contribution is 0.601. The van der Waals surface area contributed by atoms with E-state index in [9.17, 15) is 8.42 Å². The predicted octanol–water partition coefficient (Wildman–Crippen LogP) is 3.73. The van der Waals surface area contributed by atoms with Gasteiger partial charge in [0.25, 0.3) is 0 Å². The first kappa shape index (κ1) is 15.3. The van der Waals surface area contributed by atoms with Crippen molar-refractivity contribution < 1.29 is 8.42 Å². The van der Waals surface area contributed by atoms with Gasteiger partial charge in [0.1, 0.15) is 0 Å². The molecule has 1 unspecified atom stereocenters. The number of rotatable bonds is 6. The van der Waals surface area contributed by atoms with Crippen LogP contribution in [0.1, 0.15) is 33.1 Å². The van der Waals surface area contributed by atoms with Crippen LogP contribution >= 0.6 is 11.6 Å². The molecule has 0 amide bonds. The fourth-order valence-electron chi connectivity index (χ4n) is 1.79. The normalized spacial score (nSPS) is 13.3. The predicted molar refractivity (Wildman–Crippen MR) is 77.2 cm³/mol. The van der Waals surface area contributed by atoms with E-state index in [-0.39, 0.29) is 0 Å². The van der Waals surface area contributed by atoms with Gasteiger partial charge in [0.2, 0.25) is 0 Å². The van der Waals surface area contributed by atoms with E-state index >= 15 is 0 Å². The highest BCUT2D eigenvalue weighted by atomic mass is 35.5. The van der Waals surface area contributed by atoms with Crippen molar-refractivity contribution in [2.24, 2.45) is 0 Å². The Morgan fingerprint density at radius 3 is 2.50 bits per heavy atom. The van der Waals surface area contributed by atoms with Crippen LogP contribution in [0.25, 0.3) is 0 Å². The van der Waals surface area contributed by atoms with E-state index in [1.807, 2.05) is 0 Å². The fourth-order valence-corrected chi connectivity index (χ4v) is 2.61. The van der Waals surface area contributed by atoms with Crippen LogP contribution in [0.4, 0.5) is 5.69 Å². The Bertz CT molecular complexity index is 500. The minimum Gasteiger partial charge on any atom is -0.381 e. The average molecular weight is 290 g/mol. The molecule has 18 heavy (non-hydrogen) atoms. The van der Waals surface area contributed by atoms with Crippen LogP contribution in [0.3, 0.4) is 0 Å². The molecule has 1 aromatic rings. The molecule has 0 bridgehead atoms. The summed E-state index contributed by atoms with van der Waals surface area (Å²) in [5.74, 6) is 0. The van der Waals surface area contributed by atoms with Crippen molar-refractivity contribution in [2.45, 2.75) is 44.0 Å². The largest absolute Gasteiger partial charge is 0.381 e. The SMILES string of the molecule is CCCC(CC)Nc1cc(S(C)(=O)=O)ccc1Cl. The Balaban J connectivity index is 3.01. The molecule has 0 saturated carbocycles. The van der Waals surface area contributed by atoms with E-state index in [2.05, 4.69) is 19.2 Å². The van der Waals surface area contributed by atoms with Gasteiger partial charge < -0.3 is 5.32 Å². The molecular formula is C13H20ClNO2S. The van der Waals surface area contributed by atoms with E-state index in [0.717, 1.165) is 19.3 Å². The Kier molecular flexibility index (Phi) is 5.47. The zero-order valence-corrected chi connectivity index (χ0v) is 12.6. The minimum atomic E-state index is -3.20. The Labute approximate surface area is 114 Å². The topological polar surface area (TPSA) is 46.2 Å². The summed E-state index contributed by atoms with van der Waals surface area (Å²) in [7, 11) is -3.20. The molecule has 1 N–H and O–H groups in total. The summed E-state index contributed by atoms with van der Waals surface area (Å²) in [5, 5.41) is 3.87. The summed E-state index contributed by atoms with van der Waals surface area (Å²) in [4.78, 5) is 0.292. The number of hydrogen-bond acceptors (Lipinski definition) is 3. The Morgan fingerprint density at radius 2 is 2.00 bits per heavy atom. The average Bonchev–Trinajstić information content (AvgIpc) is 2.29. The minimum absolute atomic E-state index is 0.292. The highest BCUT2D eigenvalue weighted by molar-refractivity contribution is 7.90. The van der Waals surface area contributed by atoms with E-state index < -0.39 is 9.84 Å². The molecule has 0 aliphatic heterocycles. The first-order chi connectivity index (χ1) is 8.38. The second-order valence-corrected chi connectivity index (χ2v) is 6.87. The molecule has 0 radical (unpaired) electrons. The third-order valence-corrected chi connectivity index (χ3v) is 4.30. The molecule has 0 heterocycles. The molecule has 0 spiro atoms. The van der Waals surface area contributed by atoms with Crippen LogP contribution in [0.15, 0.2) is 23.1 Å². The highest BCUT2D eigenvalue weighted by Crippen LogP contribution is 2.26.